The highest BCUT2D eigenvalue weighted by Crippen LogP contribution is 2.37. The van der Waals surface area contributed by atoms with E-state index in [2.05, 4.69) is 5.32 Å². The Morgan fingerprint density at radius 2 is 1.74 bits per heavy atom. The highest BCUT2D eigenvalue weighted by Gasteiger charge is 2.52. The van der Waals surface area contributed by atoms with Crippen molar-refractivity contribution >= 4 is 24.6 Å². The Balaban J connectivity index is 1.62. The summed E-state index contributed by atoms with van der Waals surface area (Å²) >= 11 is 0. The van der Waals surface area contributed by atoms with E-state index in [1.54, 1.807) is 11.0 Å². The molecule has 170 valence electrons. The van der Waals surface area contributed by atoms with Crippen LogP contribution in [-0.4, -0.2) is 60.5 Å². The number of carbonyl (C=O) groups excluding carboxylic acids is 2. The largest absolute Gasteiger partial charge is 0.495 e. The van der Waals surface area contributed by atoms with E-state index >= 15 is 0 Å². The first kappa shape index (κ1) is 23.6. The molecule has 2 aliphatic rings. The van der Waals surface area contributed by atoms with Gasteiger partial charge < -0.3 is 24.3 Å². The number of benzene rings is 1. The van der Waals surface area contributed by atoms with Gasteiger partial charge in [0.15, 0.2) is 0 Å². The predicted octanol–water partition coefficient (Wildman–Crippen LogP) is 2.89. The lowest BCUT2D eigenvalue weighted by atomic mass is 9.73. The van der Waals surface area contributed by atoms with Crippen LogP contribution in [0.1, 0.15) is 64.4 Å². The van der Waals surface area contributed by atoms with E-state index in [9.17, 15) is 9.59 Å². The number of rotatable bonds is 4. The lowest BCUT2D eigenvalue weighted by Crippen LogP contribution is -2.55. The second-order valence-electron chi connectivity index (χ2n) is 10.6. The first-order valence-electron chi connectivity index (χ1n) is 10.9. The molecule has 3 rings (SSSR count). The molecule has 31 heavy (non-hydrogen) atoms. The summed E-state index contributed by atoms with van der Waals surface area (Å²) in [4.78, 5) is 26.7. The van der Waals surface area contributed by atoms with Crippen molar-refractivity contribution in [1.82, 2.24) is 10.2 Å². The molecule has 1 N–H and O–H groups in total. The van der Waals surface area contributed by atoms with Gasteiger partial charge in [0.25, 0.3) is 5.91 Å². The summed E-state index contributed by atoms with van der Waals surface area (Å²) in [7, 11) is -0.599. The number of nitrogens with zero attached hydrogens (tertiary/aromatic N) is 1. The van der Waals surface area contributed by atoms with Crippen LogP contribution in [0.4, 0.5) is 4.79 Å². The van der Waals surface area contributed by atoms with Gasteiger partial charge in [-0.05, 0) is 66.9 Å². The number of aryl methyl sites for hydroxylation is 1. The zero-order chi connectivity index (χ0) is 23.2. The molecule has 0 radical (unpaired) electrons. The molecule has 2 fully saturated rings. The third kappa shape index (κ3) is 5.06. The number of nitrogens with one attached hydrogen (secondary N) is 1. The lowest BCUT2D eigenvalue weighted by molar-refractivity contribution is -0.000537. The standard InChI is InChI=1S/C23H35BN2O5/c1-15-10-9-11-17(18(15)24-30-22(5,6)23(7,8)31-24)19(27)25-12-16-13-26(14-16)20(28)29-21(2,3)4/h9-11,16H,12-14H2,1-8H3,(H,25,27). The molecular formula is C23H35BN2O5. The number of hydrogen-bond acceptors (Lipinski definition) is 5. The molecule has 7 nitrogen and oxygen atoms in total. The molecule has 0 aliphatic carbocycles. The first-order chi connectivity index (χ1) is 14.2. The molecule has 1 aromatic rings. The Bertz CT molecular complexity index is 840. The van der Waals surface area contributed by atoms with Gasteiger partial charge in [-0.15, -0.1) is 0 Å². The molecule has 0 unspecified atom stereocenters. The van der Waals surface area contributed by atoms with Crippen molar-refractivity contribution in [3.8, 4) is 0 Å². The van der Waals surface area contributed by atoms with Gasteiger partial charge in [-0.3, -0.25) is 4.79 Å². The molecule has 2 heterocycles. The fourth-order valence-corrected chi connectivity index (χ4v) is 3.66. The van der Waals surface area contributed by atoms with E-state index < -0.39 is 23.9 Å². The Labute approximate surface area is 185 Å². The van der Waals surface area contributed by atoms with Crippen molar-refractivity contribution in [2.24, 2.45) is 5.92 Å². The van der Waals surface area contributed by atoms with Crippen LogP contribution in [0.2, 0.25) is 0 Å². The summed E-state index contributed by atoms with van der Waals surface area (Å²) in [6.45, 7) is 17.1. The summed E-state index contributed by atoms with van der Waals surface area (Å²) in [5.74, 6) is 0.0469. The fraction of sp³-hybridized carbons (Fsp3) is 0.652. The third-order valence-electron chi connectivity index (χ3n) is 6.22. The monoisotopic (exact) mass is 430 g/mol. The molecule has 0 bridgehead atoms. The minimum absolute atomic E-state index is 0.163. The molecule has 2 amide bonds. The van der Waals surface area contributed by atoms with Crippen molar-refractivity contribution in [2.75, 3.05) is 19.6 Å². The van der Waals surface area contributed by atoms with Crippen molar-refractivity contribution in [1.29, 1.82) is 0 Å². The van der Waals surface area contributed by atoms with Crippen LogP contribution < -0.4 is 10.8 Å². The normalized spacial score (nSPS) is 20.4. The van der Waals surface area contributed by atoms with Gasteiger partial charge in [0.1, 0.15) is 5.60 Å². The van der Waals surface area contributed by atoms with E-state index in [0.717, 1.165) is 11.0 Å². The summed E-state index contributed by atoms with van der Waals surface area (Å²) in [6.07, 6.45) is -0.309. The van der Waals surface area contributed by atoms with Crippen molar-refractivity contribution in [2.45, 2.75) is 72.2 Å². The number of carbonyl (C=O) groups is 2. The average molecular weight is 430 g/mol. The SMILES string of the molecule is Cc1cccc(C(=O)NCC2CN(C(=O)OC(C)(C)C)C2)c1B1OC(C)(C)C(C)(C)O1. The number of likely N-dealkylation sites (tertiary alicyclic amines) is 1. The summed E-state index contributed by atoms with van der Waals surface area (Å²) in [5, 5.41) is 3.01. The molecule has 0 spiro atoms. The fourth-order valence-electron chi connectivity index (χ4n) is 3.66. The zero-order valence-corrected chi connectivity index (χ0v) is 20.0. The minimum Gasteiger partial charge on any atom is -0.444 e. The van der Waals surface area contributed by atoms with Crippen molar-refractivity contribution in [3.05, 3.63) is 29.3 Å². The van der Waals surface area contributed by atoms with E-state index in [-0.39, 0.29) is 17.9 Å². The molecule has 2 aliphatic heterocycles. The van der Waals surface area contributed by atoms with Gasteiger partial charge in [0.05, 0.1) is 11.2 Å². The van der Waals surface area contributed by atoms with Gasteiger partial charge in [-0.25, -0.2) is 4.79 Å². The van der Waals surface area contributed by atoms with E-state index in [1.165, 1.54) is 0 Å². The predicted molar refractivity (Wildman–Crippen MR) is 121 cm³/mol. The number of amides is 2. The molecule has 0 atom stereocenters. The van der Waals surface area contributed by atoms with Crippen LogP contribution in [-0.2, 0) is 14.0 Å². The van der Waals surface area contributed by atoms with Crippen molar-refractivity contribution in [3.63, 3.8) is 0 Å². The maximum atomic E-state index is 13.0. The first-order valence-corrected chi connectivity index (χ1v) is 10.9. The van der Waals surface area contributed by atoms with Gasteiger partial charge in [0.2, 0.25) is 0 Å². The van der Waals surface area contributed by atoms with Crippen molar-refractivity contribution < 1.29 is 23.6 Å². The molecule has 2 saturated heterocycles. The maximum Gasteiger partial charge on any atom is 0.495 e. The third-order valence-corrected chi connectivity index (χ3v) is 6.22. The molecule has 1 aromatic carbocycles. The maximum absolute atomic E-state index is 13.0. The van der Waals surface area contributed by atoms with E-state index in [1.807, 2.05) is 67.5 Å². The van der Waals surface area contributed by atoms with Crippen LogP contribution in [0.5, 0.6) is 0 Å². The second kappa shape index (κ2) is 8.13. The Kier molecular flexibility index (Phi) is 6.19. The molecular weight excluding hydrogens is 395 g/mol. The van der Waals surface area contributed by atoms with E-state index in [4.69, 9.17) is 14.0 Å². The van der Waals surface area contributed by atoms with Crippen LogP contribution in [0.3, 0.4) is 0 Å². The lowest BCUT2D eigenvalue weighted by Gasteiger charge is -2.39. The number of ether oxygens (including phenoxy) is 1. The topological polar surface area (TPSA) is 77.1 Å². The van der Waals surface area contributed by atoms with Crippen LogP contribution in [0.15, 0.2) is 18.2 Å². The highest BCUT2D eigenvalue weighted by molar-refractivity contribution is 6.64. The zero-order valence-electron chi connectivity index (χ0n) is 20.0. The van der Waals surface area contributed by atoms with Gasteiger partial charge in [-0.1, -0.05) is 17.7 Å². The van der Waals surface area contributed by atoms with Crippen LogP contribution in [0, 0.1) is 12.8 Å². The summed E-state index contributed by atoms with van der Waals surface area (Å²) in [5.41, 5.74) is 0.802. The van der Waals surface area contributed by atoms with Gasteiger partial charge in [-0.2, -0.15) is 0 Å². The van der Waals surface area contributed by atoms with Crippen LogP contribution >= 0.6 is 0 Å². The molecule has 8 heteroatoms. The molecule has 0 saturated carbocycles. The molecule has 0 aromatic heterocycles. The Morgan fingerprint density at radius 1 is 1.16 bits per heavy atom. The van der Waals surface area contributed by atoms with E-state index in [0.29, 0.717) is 25.2 Å². The number of hydrogen-bond donors (Lipinski definition) is 1. The average Bonchev–Trinajstić information content (AvgIpc) is 2.78. The second-order valence-corrected chi connectivity index (χ2v) is 10.6. The minimum atomic E-state index is -0.599. The van der Waals surface area contributed by atoms with Crippen LogP contribution in [0.25, 0.3) is 0 Å². The summed E-state index contributed by atoms with van der Waals surface area (Å²) < 4.78 is 17.8. The Morgan fingerprint density at radius 3 is 2.29 bits per heavy atom. The quantitative estimate of drug-likeness (QED) is 0.744. The smallest absolute Gasteiger partial charge is 0.444 e. The van der Waals surface area contributed by atoms with Gasteiger partial charge >= 0.3 is 13.2 Å². The Hall–Kier alpha value is -2.06. The van der Waals surface area contributed by atoms with Gasteiger partial charge in [0, 0.05) is 31.1 Å². The summed E-state index contributed by atoms with van der Waals surface area (Å²) in [6, 6.07) is 5.63. The highest BCUT2D eigenvalue weighted by atomic mass is 16.7.